The third kappa shape index (κ3) is 2.95. The molecule has 0 aliphatic rings. The maximum Gasteiger partial charge on any atom is 0.273 e. The van der Waals surface area contributed by atoms with Crippen molar-refractivity contribution in [3.63, 3.8) is 0 Å². The van der Waals surface area contributed by atoms with Gasteiger partial charge in [-0.3, -0.25) is 19.7 Å². The largest absolute Gasteiger partial charge is 0.494 e. The van der Waals surface area contributed by atoms with Crippen molar-refractivity contribution in [3.05, 3.63) is 62.6 Å². The zero-order chi connectivity index (χ0) is 16.3. The first-order chi connectivity index (χ1) is 10.4. The van der Waals surface area contributed by atoms with Gasteiger partial charge in [0.15, 0.2) is 0 Å². The molecule has 0 spiro atoms. The van der Waals surface area contributed by atoms with Gasteiger partial charge < -0.3 is 14.6 Å². The van der Waals surface area contributed by atoms with Crippen LogP contribution in [0.5, 0.6) is 5.75 Å². The highest BCUT2D eigenvalue weighted by Gasteiger charge is 2.16. The molecule has 0 unspecified atom stereocenters. The summed E-state index contributed by atoms with van der Waals surface area (Å²) in [4.78, 5) is 34.2. The monoisotopic (exact) mass is 303 g/mol. The number of aryl methyl sites for hydroxylation is 1. The highest BCUT2D eigenvalue weighted by atomic mass is 16.6. The molecule has 0 radical (unpaired) electrons. The van der Waals surface area contributed by atoms with E-state index in [1.54, 1.807) is 6.07 Å². The second kappa shape index (κ2) is 6.08. The van der Waals surface area contributed by atoms with Crippen LogP contribution >= 0.6 is 0 Å². The van der Waals surface area contributed by atoms with E-state index in [9.17, 15) is 19.7 Å². The summed E-state index contributed by atoms with van der Waals surface area (Å²) in [5.74, 6) is -0.483. The number of nitro groups is 1. The summed E-state index contributed by atoms with van der Waals surface area (Å²) >= 11 is 0. The summed E-state index contributed by atoms with van der Waals surface area (Å²) in [6.07, 6.45) is 1.53. The number of methoxy groups -OCH3 is 1. The molecule has 8 heteroatoms. The van der Waals surface area contributed by atoms with Crippen LogP contribution in [-0.2, 0) is 7.05 Å². The Morgan fingerprint density at radius 3 is 2.73 bits per heavy atom. The lowest BCUT2D eigenvalue weighted by Gasteiger charge is -2.10. The second-order valence-electron chi connectivity index (χ2n) is 4.43. The minimum Gasteiger partial charge on any atom is -0.494 e. The number of nitrogens with one attached hydrogen (secondary N) is 1. The number of carbonyl (C=O) groups excluding carboxylic acids is 1. The fourth-order valence-electron chi connectivity index (χ4n) is 1.86. The van der Waals surface area contributed by atoms with E-state index >= 15 is 0 Å². The average Bonchev–Trinajstić information content (AvgIpc) is 2.50. The van der Waals surface area contributed by atoms with Crippen molar-refractivity contribution in [2.45, 2.75) is 0 Å². The van der Waals surface area contributed by atoms with Gasteiger partial charge in [-0.1, -0.05) is 0 Å². The maximum atomic E-state index is 12.2. The average molecular weight is 303 g/mol. The van der Waals surface area contributed by atoms with Gasteiger partial charge in [0.05, 0.1) is 23.8 Å². The first-order valence-corrected chi connectivity index (χ1v) is 6.23. The van der Waals surface area contributed by atoms with E-state index in [1.165, 1.54) is 49.2 Å². The first-order valence-electron chi connectivity index (χ1n) is 6.23. The predicted molar refractivity (Wildman–Crippen MR) is 79.3 cm³/mol. The van der Waals surface area contributed by atoms with Gasteiger partial charge in [-0.2, -0.15) is 0 Å². The van der Waals surface area contributed by atoms with Crippen LogP contribution in [0.1, 0.15) is 10.4 Å². The lowest BCUT2D eigenvalue weighted by atomic mass is 10.2. The third-order valence-electron chi connectivity index (χ3n) is 3.01. The van der Waals surface area contributed by atoms with E-state index in [1.807, 2.05) is 0 Å². The number of hydrogen-bond acceptors (Lipinski definition) is 5. The van der Waals surface area contributed by atoms with Crippen molar-refractivity contribution >= 4 is 17.3 Å². The van der Waals surface area contributed by atoms with Crippen LogP contribution in [0.4, 0.5) is 11.4 Å². The quantitative estimate of drug-likeness (QED) is 0.681. The number of amides is 1. The van der Waals surface area contributed by atoms with E-state index in [0.29, 0.717) is 0 Å². The second-order valence-corrected chi connectivity index (χ2v) is 4.43. The number of rotatable bonds is 4. The topological polar surface area (TPSA) is 103 Å². The highest BCUT2D eigenvalue weighted by Crippen LogP contribution is 2.29. The van der Waals surface area contributed by atoms with Crippen LogP contribution in [0.15, 0.2) is 41.3 Å². The summed E-state index contributed by atoms with van der Waals surface area (Å²) in [5, 5.41) is 13.2. The van der Waals surface area contributed by atoms with Crippen molar-refractivity contribution in [1.29, 1.82) is 0 Å². The van der Waals surface area contributed by atoms with Crippen molar-refractivity contribution in [3.8, 4) is 5.75 Å². The van der Waals surface area contributed by atoms with Crippen molar-refractivity contribution in [2.24, 2.45) is 7.05 Å². The molecule has 0 bridgehead atoms. The van der Waals surface area contributed by atoms with Gasteiger partial charge in [-0.15, -0.1) is 0 Å². The molecule has 114 valence electrons. The number of ether oxygens (including phenoxy) is 1. The molecule has 1 aromatic heterocycles. The molecule has 1 N–H and O–H groups in total. The molecule has 8 nitrogen and oxygen atoms in total. The summed E-state index contributed by atoms with van der Waals surface area (Å²) < 4.78 is 6.30. The molecular formula is C14H13N3O5. The Morgan fingerprint density at radius 2 is 2.09 bits per heavy atom. The molecule has 0 atom stereocenters. The van der Waals surface area contributed by atoms with Gasteiger partial charge in [-0.25, -0.2) is 0 Å². The minimum atomic E-state index is -0.617. The molecule has 2 aromatic rings. The normalized spacial score (nSPS) is 10.1. The van der Waals surface area contributed by atoms with E-state index < -0.39 is 16.4 Å². The van der Waals surface area contributed by atoms with E-state index in [-0.39, 0.29) is 22.7 Å². The Kier molecular flexibility index (Phi) is 4.21. The number of aromatic nitrogens is 1. The standard InChI is InChI=1S/C14H13N3O5/c1-16-7-3-4-10(14(16)19)13(18)15-11-6-5-9(17(20)21)8-12(11)22-2/h3-8H,1-2H3,(H,15,18). The fraction of sp³-hybridized carbons (Fsp3) is 0.143. The smallest absolute Gasteiger partial charge is 0.273 e. The Morgan fingerprint density at radius 1 is 1.36 bits per heavy atom. The van der Waals surface area contributed by atoms with Crippen LogP contribution in [0.25, 0.3) is 0 Å². The SMILES string of the molecule is COc1cc([N+](=O)[O-])ccc1NC(=O)c1cccn(C)c1=O. The van der Waals surface area contributed by atoms with Crippen LogP contribution in [0, 0.1) is 10.1 Å². The molecule has 1 amide bonds. The number of nitro benzene ring substituents is 1. The Bertz CT molecular complexity index is 797. The summed E-state index contributed by atoms with van der Waals surface area (Å²) in [5.41, 5.74) is -0.402. The van der Waals surface area contributed by atoms with Crippen molar-refractivity contribution < 1.29 is 14.5 Å². The van der Waals surface area contributed by atoms with Crippen molar-refractivity contribution in [1.82, 2.24) is 4.57 Å². The Labute approximate surface area is 125 Å². The van der Waals surface area contributed by atoms with Gasteiger partial charge in [0.1, 0.15) is 11.3 Å². The van der Waals surface area contributed by atoms with Gasteiger partial charge in [0.25, 0.3) is 17.2 Å². The summed E-state index contributed by atoms with van der Waals surface area (Å²) in [7, 11) is 2.86. The number of non-ortho nitro benzene ring substituents is 1. The predicted octanol–water partition coefficient (Wildman–Crippen LogP) is 1.55. The van der Waals surface area contributed by atoms with Crippen LogP contribution in [0.3, 0.4) is 0 Å². The molecule has 22 heavy (non-hydrogen) atoms. The van der Waals surface area contributed by atoms with E-state index in [0.717, 1.165) is 0 Å². The summed E-state index contributed by atoms with van der Waals surface area (Å²) in [6, 6.07) is 6.75. The Hall–Kier alpha value is -3.16. The van der Waals surface area contributed by atoms with Crippen LogP contribution in [-0.4, -0.2) is 22.5 Å². The minimum absolute atomic E-state index is 0.0367. The number of benzene rings is 1. The molecule has 2 rings (SSSR count). The van der Waals surface area contributed by atoms with E-state index in [2.05, 4.69) is 5.32 Å². The zero-order valence-corrected chi connectivity index (χ0v) is 11.9. The molecule has 1 heterocycles. The number of carbonyl (C=O) groups is 1. The maximum absolute atomic E-state index is 12.2. The molecule has 0 aliphatic carbocycles. The molecule has 0 saturated heterocycles. The molecule has 0 fully saturated rings. The van der Waals surface area contributed by atoms with Gasteiger partial charge >= 0.3 is 0 Å². The lowest BCUT2D eigenvalue weighted by molar-refractivity contribution is -0.384. The molecule has 0 aliphatic heterocycles. The first kappa shape index (κ1) is 15.2. The lowest BCUT2D eigenvalue weighted by Crippen LogP contribution is -2.27. The van der Waals surface area contributed by atoms with E-state index in [4.69, 9.17) is 4.74 Å². The summed E-state index contributed by atoms with van der Waals surface area (Å²) in [6.45, 7) is 0. The van der Waals surface area contributed by atoms with Gasteiger partial charge in [0.2, 0.25) is 0 Å². The van der Waals surface area contributed by atoms with Crippen molar-refractivity contribution in [2.75, 3.05) is 12.4 Å². The molecular weight excluding hydrogens is 290 g/mol. The third-order valence-corrected chi connectivity index (χ3v) is 3.01. The fourth-order valence-corrected chi connectivity index (χ4v) is 1.86. The number of anilines is 1. The highest BCUT2D eigenvalue weighted by molar-refractivity contribution is 6.04. The van der Waals surface area contributed by atoms with Gasteiger partial charge in [-0.05, 0) is 18.2 Å². The Balaban J connectivity index is 2.34. The molecule has 0 saturated carbocycles. The van der Waals surface area contributed by atoms with Crippen LogP contribution in [0.2, 0.25) is 0 Å². The van der Waals surface area contributed by atoms with Gasteiger partial charge in [0, 0.05) is 19.3 Å². The number of pyridine rings is 1. The number of nitrogens with zero attached hydrogens (tertiary/aromatic N) is 2. The van der Waals surface area contributed by atoms with Crippen LogP contribution < -0.4 is 15.6 Å². The zero-order valence-electron chi connectivity index (χ0n) is 11.9. The molecule has 1 aromatic carbocycles. The number of hydrogen-bond donors (Lipinski definition) is 1.